The Balaban J connectivity index is 2.50. The van der Waals surface area contributed by atoms with Crippen LogP contribution in [0, 0.1) is 0 Å². The third-order valence-electron chi connectivity index (χ3n) is 2.57. The topological polar surface area (TPSA) is 20.2 Å². The zero-order valence-corrected chi connectivity index (χ0v) is 9.06. The van der Waals surface area contributed by atoms with Gasteiger partial charge in [-0.05, 0) is 17.5 Å². The maximum Gasteiger partial charge on any atom is 0.126 e. The summed E-state index contributed by atoms with van der Waals surface area (Å²) in [5.74, 6) is 0.355. The second-order valence-corrected chi connectivity index (χ2v) is 3.67. The second kappa shape index (κ2) is 4.67. The molecule has 0 atom stereocenters. The van der Waals surface area contributed by atoms with E-state index in [0.29, 0.717) is 12.2 Å². The average molecular weight is 210 g/mol. The highest BCUT2D eigenvalue weighted by Gasteiger charge is 2.06. The molecule has 2 aromatic carbocycles. The maximum absolute atomic E-state index is 10.1. The first-order valence-electron chi connectivity index (χ1n) is 5.30. The standard InChI is InChI=1S/C15H14O/c1-2-7-13-10-6-11-14(15(13)16)12-8-4-3-5-9-12/h2-6,8-11,16H,1,7H2. The van der Waals surface area contributed by atoms with Gasteiger partial charge in [-0.3, -0.25) is 0 Å². The molecule has 16 heavy (non-hydrogen) atoms. The Hall–Kier alpha value is -2.02. The van der Waals surface area contributed by atoms with Gasteiger partial charge in [0.2, 0.25) is 0 Å². The van der Waals surface area contributed by atoms with Crippen molar-refractivity contribution in [1.82, 2.24) is 0 Å². The number of rotatable bonds is 3. The molecule has 0 unspecified atom stereocenters. The van der Waals surface area contributed by atoms with E-state index in [4.69, 9.17) is 0 Å². The van der Waals surface area contributed by atoms with Gasteiger partial charge in [-0.1, -0.05) is 54.6 Å². The Morgan fingerprint density at radius 3 is 2.44 bits per heavy atom. The van der Waals surface area contributed by atoms with E-state index in [1.807, 2.05) is 48.5 Å². The summed E-state index contributed by atoms with van der Waals surface area (Å²) in [5, 5.41) is 10.1. The van der Waals surface area contributed by atoms with Crippen molar-refractivity contribution in [2.45, 2.75) is 6.42 Å². The third kappa shape index (κ3) is 1.98. The molecular formula is C15H14O. The van der Waals surface area contributed by atoms with Crippen LogP contribution in [0.3, 0.4) is 0 Å². The lowest BCUT2D eigenvalue weighted by Gasteiger charge is -2.08. The van der Waals surface area contributed by atoms with Crippen molar-refractivity contribution in [3.8, 4) is 16.9 Å². The maximum atomic E-state index is 10.1. The number of benzene rings is 2. The van der Waals surface area contributed by atoms with Crippen LogP contribution < -0.4 is 0 Å². The van der Waals surface area contributed by atoms with Crippen LogP contribution in [-0.4, -0.2) is 5.11 Å². The van der Waals surface area contributed by atoms with Crippen molar-refractivity contribution in [2.24, 2.45) is 0 Å². The van der Waals surface area contributed by atoms with E-state index in [9.17, 15) is 5.11 Å². The fourth-order valence-corrected chi connectivity index (χ4v) is 1.76. The Kier molecular flexibility index (Phi) is 3.06. The van der Waals surface area contributed by atoms with Crippen molar-refractivity contribution >= 4 is 0 Å². The summed E-state index contributed by atoms with van der Waals surface area (Å²) in [6, 6.07) is 15.7. The van der Waals surface area contributed by atoms with Gasteiger partial charge in [0.05, 0.1) is 0 Å². The molecule has 2 aromatic rings. The van der Waals surface area contributed by atoms with E-state index >= 15 is 0 Å². The van der Waals surface area contributed by atoms with Crippen LogP contribution in [0.1, 0.15) is 5.56 Å². The number of phenols is 1. The zero-order valence-electron chi connectivity index (χ0n) is 9.06. The number of aromatic hydroxyl groups is 1. The van der Waals surface area contributed by atoms with Gasteiger partial charge in [0.15, 0.2) is 0 Å². The largest absolute Gasteiger partial charge is 0.507 e. The van der Waals surface area contributed by atoms with Crippen LogP contribution in [0.2, 0.25) is 0 Å². The Labute approximate surface area is 95.7 Å². The number of para-hydroxylation sites is 1. The molecule has 0 aliphatic heterocycles. The van der Waals surface area contributed by atoms with Gasteiger partial charge >= 0.3 is 0 Å². The lowest BCUT2D eigenvalue weighted by Crippen LogP contribution is -1.85. The van der Waals surface area contributed by atoms with Crippen molar-refractivity contribution in [1.29, 1.82) is 0 Å². The van der Waals surface area contributed by atoms with Gasteiger partial charge in [-0.25, -0.2) is 0 Å². The summed E-state index contributed by atoms with van der Waals surface area (Å²) in [5.41, 5.74) is 2.82. The van der Waals surface area contributed by atoms with Gasteiger partial charge in [0.25, 0.3) is 0 Å². The molecule has 0 aliphatic rings. The summed E-state index contributed by atoms with van der Waals surface area (Å²) < 4.78 is 0. The Morgan fingerprint density at radius 1 is 1.00 bits per heavy atom. The first-order valence-corrected chi connectivity index (χ1v) is 5.30. The van der Waals surface area contributed by atoms with Gasteiger partial charge in [0.1, 0.15) is 5.75 Å². The SMILES string of the molecule is C=CCc1cccc(-c2ccccc2)c1O. The molecule has 0 spiro atoms. The predicted octanol–water partition coefficient (Wildman–Crippen LogP) is 3.79. The van der Waals surface area contributed by atoms with Crippen LogP contribution in [0.25, 0.3) is 11.1 Å². The number of allylic oxidation sites excluding steroid dienone is 1. The molecule has 0 fully saturated rings. The molecule has 2 rings (SSSR count). The highest BCUT2D eigenvalue weighted by atomic mass is 16.3. The molecule has 0 aromatic heterocycles. The fraction of sp³-hybridized carbons (Fsp3) is 0.0667. The van der Waals surface area contributed by atoms with E-state index < -0.39 is 0 Å². The monoisotopic (exact) mass is 210 g/mol. The number of hydrogen-bond acceptors (Lipinski definition) is 1. The Morgan fingerprint density at radius 2 is 1.75 bits per heavy atom. The molecule has 80 valence electrons. The molecule has 0 radical (unpaired) electrons. The molecule has 1 nitrogen and oxygen atoms in total. The average Bonchev–Trinajstić information content (AvgIpc) is 2.33. The summed E-state index contributed by atoms with van der Waals surface area (Å²) in [7, 11) is 0. The van der Waals surface area contributed by atoms with Gasteiger partial charge in [0, 0.05) is 5.56 Å². The molecule has 0 heterocycles. The highest BCUT2D eigenvalue weighted by molar-refractivity contribution is 5.71. The van der Waals surface area contributed by atoms with Crippen molar-refractivity contribution in [3.05, 3.63) is 66.7 Å². The molecule has 0 aliphatic carbocycles. The van der Waals surface area contributed by atoms with Crippen molar-refractivity contribution < 1.29 is 5.11 Å². The minimum Gasteiger partial charge on any atom is -0.507 e. The number of hydrogen-bond donors (Lipinski definition) is 1. The van der Waals surface area contributed by atoms with Crippen LogP contribution in [-0.2, 0) is 6.42 Å². The molecular weight excluding hydrogens is 196 g/mol. The fourth-order valence-electron chi connectivity index (χ4n) is 1.76. The van der Waals surface area contributed by atoms with E-state index in [2.05, 4.69) is 6.58 Å². The van der Waals surface area contributed by atoms with Crippen molar-refractivity contribution in [3.63, 3.8) is 0 Å². The minimum atomic E-state index is 0.355. The lowest BCUT2D eigenvalue weighted by molar-refractivity contribution is 0.472. The summed E-state index contributed by atoms with van der Waals surface area (Å²) in [6.45, 7) is 3.69. The number of phenolic OH excluding ortho intramolecular Hbond substituents is 1. The summed E-state index contributed by atoms with van der Waals surface area (Å²) in [6.07, 6.45) is 2.48. The van der Waals surface area contributed by atoms with E-state index in [0.717, 1.165) is 16.7 Å². The zero-order chi connectivity index (χ0) is 11.4. The second-order valence-electron chi connectivity index (χ2n) is 3.67. The first kappa shape index (κ1) is 10.5. The van der Waals surface area contributed by atoms with E-state index in [1.165, 1.54) is 0 Å². The van der Waals surface area contributed by atoms with Crippen molar-refractivity contribution in [2.75, 3.05) is 0 Å². The minimum absolute atomic E-state index is 0.355. The predicted molar refractivity (Wildman–Crippen MR) is 67.4 cm³/mol. The molecule has 1 heteroatoms. The summed E-state index contributed by atoms with van der Waals surface area (Å²) >= 11 is 0. The van der Waals surface area contributed by atoms with E-state index in [1.54, 1.807) is 6.08 Å². The third-order valence-corrected chi connectivity index (χ3v) is 2.57. The van der Waals surface area contributed by atoms with E-state index in [-0.39, 0.29) is 0 Å². The van der Waals surface area contributed by atoms with Gasteiger partial charge < -0.3 is 5.11 Å². The molecule has 0 saturated heterocycles. The highest BCUT2D eigenvalue weighted by Crippen LogP contribution is 2.32. The van der Waals surface area contributed by atoms with Crippen LogP contribution in [0.4, 0.5) is 0 Å². The normalized spacial score (nSPS) is 10.0. The smallest absolute Gasteiger partial charge is 0.126 e. The van der Waals surface area contributed by atoms with Crippen LogP contribution >= 0.6 is 0 Å². The quantitative estimate of drug-likeness (QED) is 0.764. The molecule has 1 N–H and O–H groups in total. The van der Waals surface area contributed by atoms with Gasteiger partial charge in [-0.15, -0.1) is 6.58 Å². The molecule has 0 saturated carbocycles. The van der Waals surface area contributed by atoms with Crippen LogP contribution in [0.5, 0.6) is 5.75 Å². The summed E-state index contributed by atoms with van der Waals surface area (Å²) in [4.78, 5) is 0. The molecule has 0 amide bonds. The molecule has 0 bridgehead atoms. The Bertz CT molecular complexity index is 486. The van der Waals surface area contributed by atoms with Gasteiger partial charge in [-0.2, -0.15) is 0 Å². The first-order chi connectivity index (χ1) is 7.83. The van der Waals surface area contributed by atoms with Crippen LogP contribution in [0.15, 0.2) is 61.2 Å². The lowest BCUT2D eigenvalue weighted by atomic mass is 10.00.